The van der Waals surface area contributed by atoms with Gasteiger partial charge in [-0.15, -0.1) is 0 Å². The molecule has 1 aliphatic rings. The van der Waals surface area contributed by atoms with Crippen LogP contribution in [0.25, 0.3) is 0 Å². The van der Waals surface area contributed by atoms with Crippen LogP contribution < -0.4 is 5.32 Å². The van der Waals surface area contributed by atoms with Crippen LogP contribution in [-0.4, -0.2) is 43.5 Å². The number of nitrogens with one attached hydrogen (secondary N) is 1. The molecule has 9 heteroatoms. The Morgan fingerprint density at radius 1 is 1.26 bits per heavy atom. The predicted molar refractivity (Wildman–Crippen MR) is 108 cm³/mol. The van der Waals surface area contributed by atoms with Crippen LogP contribution >= 0.6 is 23.2 Å². The lowest BCUT2D eigenvalue weighted by atomic mass is 10.1. The summed E-state index contributed by atoms with van der Waals surface area (Å²) >= 11 is 11.9. The van der Waals surface area contributed by atoms with Crippen molar-refractivity contribution >= 4 is 39.3 Å². The Labute approximate surface area is 171 Å². The molecular weight excluding hydrogens is 411 g/mol. The quantitative estimate of drug-likeness (QED) is 0.749. The van der Waals surface area contributed by atoms with Crippen molar-refractivity contribution in [3.05, 3.63) is 33.8 Å². The van der Waals surface area contributed by atoms with Gasteiger partial charge in [0.05, 0.1) is 15.8 Å². The summed E-state index contributed by atoms with van der Waals surface area (Å²) in [6.07, 6.45) is 1.86. The Bertz CT molecular complexity index is 778. The Morgan fingerprint density at radius 2 is 1.96 bits per heavy atom. The first kappa shape index (κ1) is 22.3. The lowest BCUT2D eigenvalue weighted by Gasteiger charge is -2.35. The summed E-state index contributed by atoms with van der Waals surface area (Å²) in [5.41, 5.74) is -0.0233. The molecule has 6 nitrogen and oxygen atoms in total. The van der Waals surface area contributed by atoms with Gasteiger partial charge in [-0.2, -0.15) is 4.31 Å². The third-order valence-electron chi connectivity index (χ3n) is 4.14. The largest absolute Gasteiger partial charge is 0.444 e. The minimum absolute atomic E-state index is 0.160. The van der Waals surface area contributed by atoms with Gasteiger partial charge in [0.15, 0.2) is 0 Å². The molecular formula is C18H26Cl2N2O4S. The fourth-order valence-corrected chi connectivity index (χ4v) is 5.11. The smallest absolute Gasteiger partial charge is 0.407 e. The number of benzene rings is 1. The van der Waals surface area contributed by atoms with Crippen LogP contribution in [0.2, 0.25) is 10.0 Å². The molecule has 1 amide bonds. The molecule has 0 aliphatic carbocycles. The van der Waals surface area contributed by atoms with E-state index in [-0.39, 0.29) is 18.3 Å². The third kappa shape index (κ3) is 6.82. The molecule has 1 aromatic rings. The lowest BCUT2D eigenvalue weighted by Crippen LogP contribution is -2.50. The highest BCUT2D eigenvalue weighted by molar-refractivity contribution is 7.88. The Hall–Kier alpha value is -1.02. The SMILES string of the molecule is CC(C)(C)OC(=O)NC[C@@H]1CCCCN1S(=O)(=O)Cc1ccc(Cl)c(Cl)c1. The number of carbonyl (C=O) groups excluding carboxylic acids is 1. The lowest BCUT2D eigenvalue weighted by molar-refractivity contribution is 0.0512. The van der Waals surface area contributed by atoms with E-state index < -0.39 is 21.7 Å². The summed E-state index contributed by atoms with van der Waals surface area (Å²) in [5.74, 6) is -0.160. The van der Waals surface area contributed by atoms with E-state index in [1.165, 1.54) is 4.31 Å². The second-order valence-electron chi connectivity index (χ2n) is 7.65. The second kappa shape index (κ2) is 8.99. The molecule has 27 heavy (non-hydrogen) atoms. The number of amides is 1. The van der Waals surface area contributed by atoms with Gasteiger partial charge in [-0.25, -0.2) is 13.2 Å². The first-order valence-electron chi connectivity index (χ1n) is 8.88. The van der Waals surface area contributed by atoms with Crippen molar-refractivity contribution in [1.29, 1.82) is 0 Å². The summed E-state index contributed by atoms with van der Waals surface area (Å²) in [7, 11) is -3.56. The molecule has 1 N–H and O–H groups in total. The molecule has 0 bridgehead atoms. The molecule has 1 aliphatic heterocycles. The summed E-state index contributed by atoms with van der Waals surface area (Å²) in [6.45, 7) is 5.99. The zero-order valence-corrected chi connectivity index (χ0v) is 18.1. The van der Waals surface area contributed by atoms with Gasteiger partial charge in [-0.3, -0.25) is 0 Å². The van der Waals surface area contributed by atoms with Crippen molar-refractivity contribution in [3.63, 3.8) is 0 Å². The van der Waals surface area contributed by atoms with E-state index in [1.54, 1.807) is 39.0 Å². The van der Waals surface area contributed by atoms with Gasteiger partial charge in [0.25, 0.3) is 0 Å². The molecule has 0 aromatic heterocycles. The van der Waals surface area contributed by atoms with Crippen LogP contribution in [-0.2, 0) is 20.5 Å². The standard InChI is InChI=1S/C18H26Cl2N2O4S/c1-18(2,3)26-17(23)21-11-14-6-4-5-9-22(14)27(24,25)12-13-7-8-15(19)16(20)10-13/h7-8,10,14H,4-6,9,11-12H2,1-3H3,(H,21,23)/t14-/m0/s1. The summed E-state index contributed by atoms with van der Waals surface area (Å²) < 4.78 is 32.6. The molecule has 1 atom stereocenters. The molecule has 1 aromatic carbocycles. The van der Waals surface area contributed by atoms with E-state index in [0.29, 0.717) is 28.6 Å². The highest BCUT2D eigenvalue weighted by Gasteiger charge is 2.33. The number of rotatable bonds is 5. The number of halogens is 2. The highest BCUT2D eigenvalue weighted by Crippen LogP contribution is 2.26. The number of ether oxygens (including phenoxy) is 1. The van der Waals surface area contributed by atoms with Crippen molar-refractivity contribution in [2.24, 2.45) is 0 Å². The third-order valence-corrected chi connectivity index (χ3v) is 6.78. The molecule has 0 spiro atoms. The Kier molecular flexibility index (Phi) is 7.41. The molecule has 1 fully saturated rings. The van der Waals surface area contributed by atoms with Gasteiger partial charge in [0, 0.05) is 19.1 Å². The molecule has 0 saturated carbocycles. The molecule has 1 saturated heterocycles. The molecule has 152 valence electrons. The summed E-state index contributed by atoms with van der Waals surface area (Å²) in [4.78, 5) is 11.9. The highest BCUT2D eigenvalue weighted by atomic mass is 35.5. The fourth-order valence-electron chi connectivity index (χ4n) is 2.98. The van der Waals surface area contributed by atoms with Crippen LogP contribution in [0, 0.1) is 0 Å². The number of hydrogen-bond acceptors (Lipinski definition) is 4. The van der Waals surface area contributed by atoms with Crippen LogP contribution in [0.3, 0.4) is 0 Å². The summed E-state index contributed by atoms with van der Waals surface area (Å²) in [6, 6.07) is 4.52. The van der Waals surface area contributed by atoms with Gasteiger partial charge in [-0.05, 0) is 51.3 Å². The van der Waals surface area contributed by atoms with Crippen LogP contribution in [0.15, 0.2) is 18.2 Å². The molecule has 2 rings (SSSR count). The maximum Gasteiger partial charge on any atom is 0.407 e. The zero-order valence-electron chi connectivity index (χ0n) is 15.8. The Balaban J connectivity index is 2.06. The van der Waals surface area contributed by atoms with Crippen LogP contribution in [0.5, 0.6) is 0 Å². The number of carbonyl (C=O) groups is 1. The number of nitrogens with zero attached hydrogens (tertiary/aromatic N) is 1. The van der Waals surface area contributed by atoms with E-state index in [0.717, 1.165) is 12.8 Å². The monoisotopic (exact) mass is 436 g/mol. The van der Waals surface area contributed by atoms with E-state index in [1.807, 2.05) is 0 Å². The topological polar surface area (TPSA) is 75.7 Å². The average Bonchev–Trinajstić information content (AvgIpc) is 2.55. The van der Waals surface area contributed by atoms with E-state index >= 15 is 0 Å². The van der Waals surface area contributed by atoms with Crippen molar-refractivity contribution in [2.75, 3.05) is 13.1 Å². The normalized spacial score (nSPS) is 18.9. The fraction of sp³-hybridized carbons (Fsp3) is 0.611. The minimum Gasteiger partial charge on any atom is -0.444 e. The summed E-state index contributed by atoms with van der Waals surface area (Å²) in [5, 5.41) is 3.40. The van der Waals surface area contributed by atoms with Crippen molar-refractivity contribution in [2.45, 2.75) is 57.4 Å². The van der Waals surface area contributed by atoms with Gasteiger partial charge >= 0.3 is 6.09 Å². The second-order valence-corrected chi connectivity index (χ2v) is 10.4. The maximum atomic E-state index is 12.9. The van der Waals surface area contributed by atoms with E-state index in [4.69, 9.17) is 27.9 Å². The number of hydrogen-bond donors (Lipinski definition) is 1. The number of alkyl carbamates (subject to hydrolysis) is 1. The van der Waals surface area contributed by atoms with Gasteiger partial charge < -0.3 is 10.1 Å². The van der Waals surface area contributed by atoms with E-state index in [2.05, 4.69) is 5.32 Å². The van der Waals surface area contributed by atoms with Gasteiger partial charge in [-0.1, -0.05) is 35.7 Å². The van der Waals surface area contributed by atoms with Crippen molar-refractivity contribution < 1.29 is 17.9 Å². The Morgan fingerprint density at radius 3 is 2.59 bits per heavy atom. The maximum absolute atomic E-state index is 12.9. The first-order chi connectivity index (χ1) is 12.5. The van der Waals surface area contributed by atoms with Gasteiger partial charge in [0.1, 0.15) is 5.60 Å². The molecule has 0 unspecified atom stereocenters. The molecule has 1 heterocycles. The zero-order chi connectivity index (χ0) is 20.2. The van der Waals surface area contributed by atoms with Gasteiger partial charge in [0.2, 0.25) is 10.0 Å². The number of sulfonamides is 1. The average molecular weight is 437 g/mol. The predicted octanol–water partition coefficient (Wildman–Crippen LogP) is 4.20. The molecule has 0 radical (unpaired) electrons. The van der Waals surface area contributed by atoms with Crippen LogP contribution in [0.1, 0.15) is 45.6 Å². The number of piperidine rings is 1. The first-order valence-corrected chi connectivity index (χ1v) is 11.2. The minimum atomic E-state index is -3.56. The van der Waals surface area contributed by atoms with Crippen molar-refractivity contribution in [1.82, 2.24) is 9.62 Å². The van der Waals surface area contributed by atoms with E-state index in [9.17, 15) is 13.2 Å². The van der Waals surface area contributed by atoms with Crippen LogP contribution in [0.4, 0.5) is 4.79 Å². The van der Waals surface area contributed by atoms with Crippen molar-refractivity contribution in [3.8, 4) is 0 Å².